The maximum absolute atomic E-state index is 12.0. The highest BCUT2D eigenvalue weighted by atomic mass is 19.4. The number of amides is 1. The number of carboxylic acids is 1. The van der Waals surface area contributed by atoms with Crippen LogP contribution >= 0.6 is 0 Å². The van der Waals surface area contributed by atoms with E-state index in [1.165, 1.54) is 0 Å². The molecule has 1 rings (SSSR count). The van der Waals surface area contributed by atoms with Crippen LogP contribution in [-0.4, -0.2) is 54.2 Å². The molecule has 98 valence electrons. The summed E-state index contributed by atoms with van der Waals surface area (Å²) in [5, 5.41) is 11.2. The van der Waals surface area contributed by atoms with Gasteiger partial charge in [0, 0.05) is 32.1 Å². The summed E-state index contributed by atoms with van der Waals surface area (Å²) >= 11 is 0. The normalized spacial score (nSPS) is 16.8. The van der Waals surface area contributed by atoms with Crippen molar-refractivity contribution >= 4 is 11.9 Å². The lowest BCUT2D eigenvalue weighted by molar-refractivity contribution is -0.191. The second-order valence-corrected chi connectivity index (χ2v) is 3.92. The first-order valence-electron chi connectivity index (χ1n) is 5.09. The Bertz CT molecular complexity index is 300. The van der Waals surface area contributed by atoms with Crippen LogP contribution in [-0.2, 0) is 9.59 Å². The number of hydrogen-bond donors (Lipinski definition) is 2. The molecule has 0 spiro atoms. The largest absolute Gasteiger partial charge is 0.481 e. The second-order valence-electron chi connectivity index (χ2n) is 3.92. The molecule has 0 saturated carbocycles. The fourth-order valence-corrected chi connectivity index (χ4v) is 1.55. The number of alkyl halides is 3. The number of carbonyl (C=O) groups excluding carboxylic acids is 1. The Labute approximate surface area is 95.6 Å². The zero-order valence-corrected chi connectivity index (χ0v) is 8.96. The zero-order chi connectivity index (χ0) is 13.1. The van der Waals surface area contributed by atoms with E-state index in [0.717, 1.165) is 4.90 Å². The van der Waals surface area contributed by atoms with Gasteiger partial charge in [-0.2, -0.15) is 13.2 Å². The van der Waals surface area contributed by atoms with Gasteiger partial charge in [0.05, 0.1) is 6.42 Å². The SMILES string of the molecule is O=C(O)CCNCC1CN(C(=O)C(F)(F)F)C1. The van der Waals surface area contributed by atoms with Gasteiger partial charge in [-0.05, 0) is 0 Å². The Hall–Kier alpha value is -1.31. The first-order chi connectivity index (χ1) is 7.80. The predicted octanol–water partition coefficient (Wildman–Crippen LogP) is 0.0714. The van der Waals surface area contributed by atoms with Gasteiger partial charge in [0.25, 0.3) is 0 Å². The lowest BCUT2D eigenvalue weighted by Crippen LogP contribution is -2.56. The first-order valence-corrected chi connectivity index (χ1v) is 5.09. The third-order valence-electron chi connectivity index (χ3n) is 2.44. The molecule has 0 aromatic heterocycles. The van der Waals surface area contributed by atoms with Crippen molar-refractivity contribution in [2.24, 2.45) is 5.92 Å². The minimum atomic E-state index is -4.80. The summed E-state index contributed by atoms with van der Waals surface area (Å²) in [6.45, 7) is 0.838. The molecule has 8 heteroatoms. The number of carbonyl (C=O) groups is 2. The molecule has 0 aromatic rings. The first kappa shape index (κ1) is 13.8. The Morgan fingerprint density at radius 1 is 1.35 bits per heavy atom. The van der Waals surface area contributed by atoms with Crippen LogP contribution in [0, 0.1) is 5.92 Å². The van der Waals surface area contributed by atoms with E-state index in [9.17, 15) is 22.8 Å². The Balaban J connectivity index is 2.11. The minimum Gasteiger partial charge on any atom is -0.481 e. The van der Waals surface area contributed by atoms with Crippen molar-refractivity contribution in [2.45, 2.75) is 12.6 Å². The van der Waals surface area contributed by atoms with Crippen LogP contribution in [0.15, 0.2) is 0 Å². The molecule has 0 aliphatic carbocycles. The van der Waals surface area contributed by atoms with E-state index >= 15 is 0 Å². The van der Waals surface area contributed by atoms with Crippen LogP contribution in [0.3, 0.4) is 0 Å². The van der Waals surface area contributed by atoms with Gasteiger partial charge in [-0.3, -0.25) is 9.59 Å². The standard InChI is InChI=1S/C9H13F3N2O3/c10-9(11,12)8(17)14-4-6(5-14)3-13-2-1-7(15)16/h6,13H,1-5H2,(H,15,16). The van der Waals surface area contributed by atoms with Gasteiger partial charge in [0.2, 0.25) is 0 Å². The molecule has 2 N–H and O–H groups in total. The molecule has 1 aliphatic heterocycles. The fourth-order valence-electron chi connectivity index (χ4n) is 1.55. The number of halogens is 3. The summed E-state index contributed by atoms with van der Waals surface area (Å²) in [5.41, 5.74) is 0. The third kappa shape index (κ3) is 4.22. The average molecular weight is 254 g/mol. The van der Waals surface area contributed by atoms with Crippen molar-refractivity contribution in [2.75, 3.05) is 26.2 Å². The monoisotopic (exact) mass is 254 g/mol. The molecular formula is C9H13F3N2O3. The van der Waals surface area contributed by atoms with Crippen LogP contribution < -0.4 is 5.32 Å². The molecule has 1 heterocycles. The zero-order valence-electron chi connectivity index (χ0n) is 8.96. The number of hydrogen-bond acceptors (Lipinski definition) is 3. The summed E-state index contributed by atoms with van der Waals surface area (Å²) in [5.74, 6) is -2.77. The van der Waals surface area contributed by atoms with Gasteiger partial charge in [-0.1, -0.05) is 0 Å². The molecule has 1 amide bonds. The lowest BCUT2D eigenvalue weighted by Gasteiger charge is -2.39. The number of carboxylic acid groups (broad SMARTS) is 1. The highest BCUT2D eigenvalue weighted by Crippen LogP contribution is 2.24. The molecule has 5 nitrogen and oxygen atoms in total. The fraction of sp³-hybridized carbons (Fsp3) is 0.778. The second kappa shape index (κ2) is 5.35. The van der Waals surface area contributed by atoms with E-state index in [-0.39, 0.29) is 32.0 Å². The molecule has 1 saturated heterocycles. The minimum absolute atomic E-state index is 0.0298. The Morgan fingerprint density at radius 2 is 1.94 bits per heavy atom. The van der Waals surface area contributed by atoms with E-state index in [4.69, 9.17) is 5.11 Å². The number of nitrogens with zero attached hydrogens (tertiary/aromatic N) is 1. The van der Waals surface area contributed by atoms with Crippen molar-refractivity contribution in [3.63, 3.8) is 0 Å². The lowest BCUT2D eigenvalue weighted by atomic mass is 10.00. The van der Waals surface area contributed by atoms with Crippen LogP contribution in [0.5, 0.6) is 0 Å². The van der Waals surface area contributed by atoms with E-state index in [1.54, 1.807) is 0 Å². The maximum Gasteiger partial charge on any atom is 0.471 e. The predicted molar refractivity (Wildman–Crippen MR) is 51.2 cm³/mol. The Kier molecular flexibility index (Phi) is 4.33. The highest BCUT2D eigenvalue weighted by Gasteiger charge is 2.46. The number of aliphatic carboxylic acids is 1. The summed E-state index contributed by atoms with van der Waals surface area (Å²) in [7, 11) is 0. The molecule has 1 fully saturated rings. The van der Waals surface area contributed by atoms with Crippen LogP contribution in [0.25, 0.3) is 0 Å². The van der Waals surface area contributed by atoms with Gasteiger partial charge >= 0.3 is 18.1 Å². The Morgan fingerprint density at radius 3 is 2.41 bits per heavy atom. The van der Waals surface area contributed by atoms with Crippen molar-refractivity contribution in [3.05, 3.63) is 0 Å². The molecule has 0 bridgehead atoms. The van der Waals surface area contributed by atoms with Gasteiger partial charge in [-0.25, -0.2) is 0 Å². The van der Waals surface area contributed by atoms with Gasteiger partial charge in [0.1, 0.15) is 0 Å². The van der Waals surface area contributed by atoms with E-state index < -0.39 is 18.1 Å². The number of likely N-dealkylation sites (tertiary alicyclic amines) is 1. The van der Waals surface area contributed by atoms with E-state index in [2.05, 4.69) is 5.32 Å². The highest BCUT2D eigenvalue weighted by molar-refractivity contribution is 5.82. The summed E-state index contributed by atoms with van der Waals surface area (Å²) in [6.07, 6.45) is -4.83. The molecule has 1 aliphatic rings. The van der Waals surface area contributed by atoms with Crippen LogP contribution in [0.2, 0.25) is 0 Å². The van der Waals surface area contributed by atoms with E-state index in [0.29, 0.717) is 6.54 Å². The summed E-state index contributed by atoms with van der Waals surface area (Å²) in [6, 6.07) is 0. The van der Waals surface area contributed by atoms with Gasteiger partial charge in [0.15, 0.2) is 0 Å². The smallest absolute Gasteiger partial charge is 0.471 e. The maximum atomic E-state index is 12.0. The van der Waals surface area contributed by atoms with Crippen molar-refractivity contribution in [1.82, 2.24) is 10.2 Å². The van der Waals surface area contributed by atoms with Crippen LogP contribution in [0.4, 0.5) is 13.2 Å². The molecule has 0 aromatic carbocycles. The summed E-state index contributed by atoms with van der Waals surface area (Å²) in [4.78, 5) is 21.6. The molecule has 0 unspecified atom stereocenters. The van der Waals surface area contributed by atoms with Gasteiger partial charge < -0.3 is 15.3 Å². The molecular weight excluding hydrogens is 241 g/mol. The van der Waals surface area contributed by atoms with Gasteiger partial charge in [-0.15, -0.1) is 0 Å². The van der Waals surface area contributed by atoms with E-state index in [1.807, 2.05) is 0 Å². The molecule has 0 atom stereocenters. The average Bonchev–Trinajstić information content (AvgIpc) is 2.11. The van der Waals surface area contributed by atoms with Crippen molar-refractivity contribution in [1.29, 1.82) is 0 Å². The van der Waals surface area contributed by atoms with Crippen molar-refractivity contribution < 1.29 is 27.9 Å². The third-order valence-corrected chi connectivity index (χ3v) is 2.44. The number of rotatable bonds is 5. The van der Waals surface area contributed by atoms with Crippen LogP contribution in [0.1, 0.15) is 6.42 Å². The topological polar surface area (TPSA) is 69.6 Å². The molecule has 0 radical (unpaired) electrons. The van der Waals surface area contributed by atoms with Crippen molar-refractivity contribution in [3.8, 4) is 0 Å². The summed E-state index contributed by atoms with van der Waals surface area (Å²) < 4.78 is 35.9. The number of nitrogens with one attached hydrogen (secondary N) is 1. The molecule has 17 heavy (non-hydrogen) atoms. The quantitative estimate of drug-likeness (QED) is 0.681.